The van der Waals surface area contributed by atoms with Crippen LogP contribution in [0.5, 0.6) is 0 Å². The Morgan fingerprint density at radius 3 is 2.70 bits per heavy atom. The summed E-state index contributed by atoms with van der Waals surface area (Å²) >= 11 is 6.16. The number of hydrogen-bond acceptors (Lipinski definition) is 3. The second-order valence-electron chi connectivity index (χ2n) is 5.32. The van der Waals surface area contributed by atoms with E-state index in [0.717, 1.165) is 11.1 Å². The summed E-state index contributed by atoms with van der Waals surface area (Å²) in [4.78, 5) is 23.6. The van der Waals surface area contributed by atoms with Crippen molar-refractivity contribution in [1.82, 2.24) is 5.32 Å². The number of benzene rings is 1. The summed E-state index contributed by atoms with van der Waals surface area (Å²) in [5, 5.41) is 6.04. The minimum Gasteiger partial charge on any atom is -0.459 e. The predicted molar refractivity (Wildman–Crippen MR) is 89.8 cm³/mol. The summed E-state index contributed by atoms with van der Waals surface area (Å²) in [5.41, 5.74) is 2.61. The molecule has 0 radical (unpaired) electrons. The summed E-state index contributed by atoms with van der Waals surface area (Å²) in [6.45, 7) is 4.25. The van der Waals surface area contributed by atoms with Crippen LogP contribution in [0.2, 0.25) is 5.02 Å². The molecule has 0 spiro atoms. The molecule has 0 atom stereocenters. The molecule has 6 heteroatoms. The van der Waals surface area contributed by atoms with Gasteiger partial charge in [-0.3, -0.25) is 9.59 Å². The van der Waals surface area contributed by atoms with E-state index in [1.807, 2.05) is 26.0 Å². The second-order valence-corrected chi connectivity index (χ2v) is 5.73. The SMILES string of the molecule is Cc1cc(C)c(NC(=O)CCCNC(=O)c2ccco2)c(Cl)c1. The fraction of sp³-hybridized carbons (Fsp3) is 0.294. The molecule has 2 N–H and O–H groups in total. The molecule has 1 aromatic heterocycles. The average molecular weight is 335 g/mol. The molecule has 23 heavy (non-hydrogen) atoms. The number of furan rings is 1. The Morgan fingerprint density at radius 1 is 1.26 bits per heavy atom. The van der Waals surface area contributed by atoms with Gasteiger partial charge in [0.15, 0.2) is 5.76 Å². The standard InChI is InChI=1S/C17H19ClN2O3/c1-11-9-12(2)16(13(18)10-11)20-15(21)6-3-7-19-17(22)14-5-4-8-23-14/h4-5,8-10H,3,6-7H2,1-2H3,(H,19,22)(H,20,21). The molecule has 0 saturated heterocycles. The van der Waals surface area contributed by atoms with Gasteiger partial charge in [0.2, 0.25) is 5.91 Å². The highest BCUT2D eigenvalue weighted by Gasteiger charge is 2.10. The third-order valence-electron chi connectivity index (χ3n) is 3.31. The van der Waals surface area contributed by atoms with Gasteiger partial charge < -0.3 is 15.1 Å². The second kappa shape index (κ2) is 7.83. The van der Waals surface area contributed by atoms with E-state index in [1.54, 1.807) is 12.1 Å². The number of rotatable bonds is 6. The number of halogens is 1. The Labute approximate surface area is 140 Å². The molecule has 0 aliphatic rings. The van der Waals surface area contributed by atoms with Crippen molar-refractivity contribution in [2.45, 2.75) is 26.7 Å². The molecular weight excluding hydrogens is 316 g/mol. The van der Waals surface area contributed by atoms with E-state index in [9.17, 15) is 9.59 Å². The highest BCUT2D eigenvalue weighted by atomic mass is 35.5. The number of aryl methyl sites for hydroxylation is 2. The van der Waals surface area contributed by atoms with Crippen LogP contribution in [0.1, 0.15) is 34.5 Å². The maximum absolute atomic E-state index is 12.0. The highest BCUT2D eigenvalue weighted by molar-refractivity contribution is 6.34. The smallest absolute Gasteiger partial charge is 0.286 e. The van der Waals surface area contributed by atoms with Crippen LogP contribution in [0.3, 0.4) is 0 Å². The number of nitrogens with one attached hydrogen (secondary N) is 2. The van der Waals surface area contributed by atoms with Crippen molar-refractivity contribution in [3.63, 3.8) is 0 Å². The molecular formula is C17H19ClN2O3. The summed E-state index contributed by atoms with van der Waals surface area (Å²) in [6.07, 6.45) is 2.26. The molecule has 2 rings (SSSR count). The number of hydrogen-bond donors (Lipinski definition) is 2. The first-order chi connectivity index (χ1) is 11.0. The van der Waals surface area contributed by atoms with E-state index >= 15 is 0 Å². The van der Waals surface area contributed by atoms with Gasteiger partial charge in [-0.2, -0.15) is 0 Å². The largest absolute Gasteiger partial charge is 0.459 e. The van der Waals surface area contributed by atoms with E-state index in [2.05, 4.69) is 10.6 Å². The van der Waals surface area contributed by atoms with Gasteiger partial charge in [0, 0.05) is 13.0 Å². The van der Waals surface area contributed by atoms with Gasteiger partial charge in [-0.15, -0.1) is 0 Å². The normalized spacial score (nSPS) is 10.4. The van der Waals surface area contributed by atoms with E-state index < -0.39 is 0 Å². The summed E-state index contributed by atoms with van der Waals surface area (Å²) < 4.78 is 4.98. The Kier molecular flexibility index (Phi) is 5.82. The molecule has 2 amide bonds. The van der Waals surface area contributed by atoms with Gasteiger partial charge in [-0.1, -0.05) is 17.7 Å². The first kappa shape index (κ1) is 17.1. The minimum atomic E-state index is -0.284. The molecule has 0 bridgehead atoms. The lowest BCUT2D eigenvalue weighted by Gasteiger charge is -2.11. The topological polar surface area (TPSA) is 71.3 Å². The zero-order chi connectivity index (χ0) is 16.8. The zero-order valence-corrected chi connectivity index (χ0v) is 13.9. The fourth-order valence-corrected chi connectivity index (χ4v) is 2.59. The van der Waals surface area contributed by atoms with E-state index in [0.29, 0.717) is 30.1 Å². The molecule has 1 aromatic carbocycles. The van der Waals surface area contributed by atoms with Gasteiger partial charge in [0.25, 0.3) is 5.91 Å². The first-order valence-corrected chi connectivity index (χ1v) is 7.73. The van der Waals surface area contributed by atoms with Crippen LogP contribution >= 0.6 is 11.6 Å². The van der Waals surface area contributed by atoms with Crippen molar-refractivity contribution in [3.05, 3.63) is 52.4 Å². The maximum Gasteiger partial charge on any atom is 0.286 e. The van der Waals surface area contributed by atoms with Crippen LogP contribution in [0, 0.1) is 13.8 Å². The van der Waals surface area contributed by atoms with Crippen LogP contribution in [0.25, 0.3) is 0 Å². The molecule has 0 aliphatic heterocycles. The molecule has 0 aliphatic carbocycles. The molecule has 0 fully saturated rings. The molecule has 5 nitrogen and oxygen atoms in total. The van der Waals surface area contributed by atoms with Crippen LogP contribution < -0.4 is 10.6 Å². The Hall–Kier alpha value is -2.27. The molecule has 2 aromatic rings. The lowest BCUT2D eigenvalue weighted by molar-refractivity contribution is -0.116. The van der Waals surface area contributed by atoms with E-state index in [-0.39, 0.29) is 17.6 Å². The fourth-order valence-electron chi connectivity index (χ4n) is 2.22. The van der Waals surface area contributed by atoms with Crippen LogP contribution in [0.4, 0.5) is 5.69 Å². The number of amides is 2. The van der Waals surface area contributed by atoms with Crippen molar-refractivity contribution in [3.8, 4) is 0 Å². The van der Waals surface area contributed by atoms with Crippen molar-refractivity contribution < 1.29 is 14.0 Å². The molecule has 1 heterocycles. The monoisotopic (exact) mass is 334 g/mol. The number of anilines is 1. The quantitative estimate of drug-likeness (QED) is 0.791. The zero-order valence-electron chi connectivity index (χ0n) is 13.1. The highest BCUT2D eigenvalue weighted by Crippen LogP contribution is 2.27. The van der Waals surface area contributed by atoms with Gasteiger partial charge >= 0.3 is 0 Å². The van der Waals surface area contributed by atoms with Gasteiger partial charge in [-0.25, -0.2) is 0 Å². The van der Waals surface area contributed by atoms with Crippen LogP contribution in [-0.2, 0) is 4.79 Å². The number of carbonyl (C=O) groups is 2. The van der Waals surface area contributed by atoms with E-state index in [1.165, 1.54) is 6.26 Å². The van der Waals surface area contributed by atoms with Crippen molar-refractivity contribution in [2.75, 3.05) is 11.9 Å². The molecule has 0 saturated carbocycles. The van der Waals surface area contributed by atoms with Gasteiger partial charge in [-0.05, 0) is 49.6 Å². The summed E-state index contributed by atoms with van der Waals surface area (Å²) in [5.74, 6) is -0.157. The van der Waals surface area contributed by atoms with Crippen molar-refractivity contribution in [2.24, 2.45) is 0 Å². The lowest BCUT2D eigenvalue weighted by atomic mass is 10.1. The molecule has 0 unspecified atom stereocenters. The van der Waals surface area contributed by atoms with Crippen LogP contribution in [0.15, 0.2) is 34.9 Å². The Morgan fingerprint density at radius 2 is 2.04 bits per heavy atom. The summed E-state index contributed by atoms with van der Waals surface area (Å²) in [6, 6.07) is 7.01. The predicted octanol–water partition coefficient (Wildman–Crippen LogP) is 3.70. The first-order valence-electron chi connectivity index (χ1n) is 7.35. The van der Waals surface area contributed by atoms with E-state index in [4.69, 9.17) is 16.0 Å². The van der Waals surface area contributed by atoms with Gasteiger partial charge in [0.05, 0.1) is 17.0 Å². The third kappa shape index (κ3) is 4.86. The lowest BCUT2D eigenvalue weighted by Crippen LogP contribution is -2.25. The Balaban J connectivity index is 1.77. The van der Waals surface area contributed by atoms with Crippen molar-refractivity contribution in [1.29, 1.82) is 0 Å². The molecule has 122 valence electrons. The van der Waals surface area contributed by atoms with Crippen molar-refractivity contribution >= 4 is 29.1 Å². The maximum atomic E-state index is 12.0. The average Bonchev–Trinajstić information content (AvgIpc) is 3.01. The van der Waals surface area contributed by atoms with Gasteiger partial charge in [0.1, 0.15) is 0 Å². The van der Waals surface area contributed by atoms with Crippen LogP contribution in [-0.4, -0.2) is 18.4 Å². The minimum absolute atomic E-state index is 0.133. The Bertz CT molecular complexity index is 673. The third-order valence-corrected chi connectivity index (χ3v) is 3.61. The summed E-state index contributed by atoms with van der Waals surface area (Å²) in [7, 11) is 0. The number of carbonyl (C=O) groups excluding carboxylic acids is 2.